The van der Waals surface area contributed by atoms with Crippen LogP contribution in [0.1, 0.15) is 43.0 Å². The molecule has 0 saturated heterocycles. The number of aromatic amines is 1. The minimum atomic E-state index is -0.241. The molecule has 0 bridgehead atoms. The van der Waals surface area contributed by atoms with Crippen molar-refractivity contribution in [2.75, 3.05) is 6.54 Å². The third kappa shape index (κ3) is 4.89. The van der Waals surface area contributed by atoms with Crippen molar-refractivity contribution in [3.8, 4) is 0 Å². The molecule has 2 amide bonds. The molecule has 0 radical (unpaired) electrons. The van der Waals surface area contributed by atoms with Gasteiger partial charge in [-0.1, -0.05) is 36.8 Å². The van der Waals surface area contributed by atoms with E-state index >= 15 is 0 Å². The third-order valence-corrected chi connectivity index (χ3v) is 4.57. The van der Waals surface area contributed by atoms with Crippen LogP contribution in [0.25, 0.3) is 0 Å². The number of nitrogens with zero attached hydrogens (tertiary/aromatic N) is 2. The predicted octanol–water partition coefficient (Wildman–Crippen LogP) is 1.51. The Bertz CT molecular complexity index is 683. The summed E-state index contributed by atoms with van der Waals surface area (Å²) in [5.74, 6) is 0.151. The van der Waals surface area contributed by atoms with Crippen LogP contribution < -0.4 is 10.6 Å². The highest BCUT2D eigenvalue weighted by molar-refractivity contribution is 5.80. The minimum Gasteiger partial charge on any atom is -0.353 e. The number of H-pyrrole nitrogens is 1. The van der Waals surface area contributed by atoms with Crippen molar-refractivity contribution >= 4 is 11.8 Å². The van der Waals surface area contributed by atoms with Gasteiger partial charge in [0.25, 0.3) is 0 Å². The van der Waals surface area contributed by atoms with Gasteiger partial charge in [0.1, 0.15) is 0 Å². The molecule has 1 heterocycles. The molecule has 1 aromatic carbocycles. The standard InChI is InChI=1S/C18H23N5O2/c24-17(10-9-15-11-20-23-22-15)21-16(13-5-2-1-3-6-13)12-19-18(25)14-7-4-8-14/h1-3,5-6,11,14,16H,4,7-10,12H2,(H,19,25)(H,21,24)(H,20,22,23). The Labute approximate surface area is 146 Å². The number of rotatable bonds is 8. The van der Waals surface area contributed by atoms with E-state index in [4.69, 9.17) is 0 Å². The maximum Gasteiger partial charge on any atom is 0.223 e. The van der Waals surface area contributed by atoms with Crippen LogP contribution in [0.5, 0.6) is 0 Å². The molecule has 7 heteroatoms. The van der Waals surface area contributed by atoms with E-state index in [0.717, 1.165) is 30.5 Å². The molecule has 1 aliphatic carbocycles. The molecule has 7 nitrogen and oxygen atoms in total. The van der Waals surface area contributed by atoms with Gasteiger partial charge in [0.15, 0.2) is 0 Å². The van der Waals surface area contributed by atoms with E-state index in [0.29, 0.717) is 19.4 Å². The first-order chi connectivity index (χ1) is 12.2. The molecule has 1 aliphatic rings. The molecule has 0 aliphatic heterocycles. The van der Waals surface area contributed by atoms with Gasteiger partial charge in [0, 0.05) is 25.3 Å². The number of hydrogen-bond acceptors (Lipinski definition) is 4. The molecular weight excluding hydrogens is 318 g/mol. The highest BCUT2D eigenvalue weighted by Gasteiger charge is 2.26. The van der Waals surface area contributed by atoms with Gasteiger partial charge in [-0.05, 0) is 18.4 Å². The molecule has 132 valence electrons. The molecule has 0 spiro atoms. The smallest absolute Gasteiger partial charge is 0.223 e. The Balaban J connectivity index is 1.55. The molecule has 3 N–H and O–H groups in total. The fourth-order valence-corrected chi connectivity index (χ4v) is 2.81. The van der Waals surface area contributed by atoms with E-state index in [1.54, 1.807) is 6.20 Å². The summed E-state index contributed by atoms with van der Waals surface area (Å²) in [6.45, 7) is 0.398. The fourth-order valence-electron chi connectivity index (χ4n) is 2.81. The summed E-state index contributed by atoms with van der Waals surface area (Å²) in [5.41, 5.74) is 1.73. The van der Waals surface area contributed by atoms with E-state index in [-0.39, 0.29) is 23.8 Å². The van der Waals surface area contributed by atoms with Gasteiger partial charge in [-0.3, -0.25) is 9.59 Å². The second-order valence-corrected chi connectivity index (χ2v) is 6.37. The van der Waals surface area contributed by atoms with Gasteiger partial charge in [-0.15, -0.1) is 0 Å². The highest BCUT2D eigenvalue weighted by Crippen LogP contribution is 2.26. The second-order valence-electron chi connectivity index (χ2n) is 6.37. The van der Waals surface area contributed by atoms with E-state index in [2.05, 4.69) is 26.0 Å². The molecule has 1 fully saturated rings. The number of amides is 2. The van der Waals surface area contributed by atoms with Crippen molar-refractivity contribution in [3.63, 3.8) is 0 Å². The summed E-state index contributed by atoms with van der Waals surface area (Å²) in [6, 6.07) is 9.46. The van der Waals surface area contributed by atoms with Crippen LogP contribution in [0.3, 0.4) is 0 Å². The quantitative estimate of drug-likeness (QED) is 0.677. The Morgan fingerprint density at radius 3 is 2.68 bits per heavy atom. The summed E-state index contributed by atoms with van der Waals surface area (Å²) in [4.78, 5) is 24.4. The van der Waals surface area contributed by atoms with Crippen molar-refractivity contribution in [1.82, 2.24) is 26.0 Å². The summed E-state index contributed by atoms with van der Waals surface area (Å²) in [7, 11) is 0. The molecule has 3 rings (SSSR count). The number of benzene rings is 1. The lowest BCUT2D eigenvalue weighted by molar-refractivity contribution is -0.128. The van der Waals surface area contributed by atoms with Crippen LogP contribution in [0.15, 0.2) is 36.5 Å². The van der Waals surface area contributed by atoms with E-state index < -0.39 is 0 Å². The molecular formula is C18H23N5O2. The lowest BCUT2D eigenvalue weighted by Gasteiger charge is -2.26. The van der Waals surface area contributed by atoms with E-state index in [1.165, 1.54) is 0 Å². The SMILES string of the molecule is O=C(CCc1cn[nH]n1)NC(CNC(=O)C1CCC1)c1ccccc1. The number of nitrogens with one attached hydrogen (secondary N) is 3. The van der Waals surface area contributed by atoms with Crippen LogP contribution in [0, 0.1) is 5.92 Å². The zero-order chi connectivity index (χ0) is 17.5. The average molecular weight is 341 g/mol. The summed E-state index contributed by atoms with van der Waals surface area (Å²) >= 11 is 0. The first-order valence-electron chi connectivity index (χ1n) is 8.69. The maximum absolute atomic E-state index is 12.3. The summed E-state index contributed by atoms with van der Waals surface area (Å²) in [6.07, 6.45) is 5.52. The van der Waals surface area contributed by atoms with E-state index in [1.807, 2.05) is 30.3 Å². The third-order valence-electron chi connectivity index (χ3n) is 4.57. The van der Waals surface area contributed by atoms with Crippen molar-refractivity contribution in [3.05, 3.63) is 47.8 Å². The van der Waals surface area contributed by atoms with Crippen molar-refractivity contribution in [2.45, 2.75) is 38.1 Å². The molecule has 1 unspecified atom stereocenters. The first-order valence-corrected chi connectivity index (χ1v) is 8.69. The number of carbonyl (C=O) groups excluding carboxylic acids is 2. The second kappa shape index (κ2) is 8.41. The van der Waals surface area contributed by atoms with Crippen LogP contribution in [-0.2, 0) is 16.0 Å². The van der Waals surface area contributed by atoms with E-state index in [9.17, 15) is 9.59 Å². The number of aryl methyl sites for hydroxylation is 1. The van der Waals surface area contributed by atoms with Gasteiger partial charge in [0.2, 0.25) is 11.8 Å². The first kappa shape index (κ1) is 17.1. The average Bonchev–Trinajstić information content (AvgIpc) is 3.09. The highest BCUT2D eigenvalue weighted by atomic mass is 16.2. The molecule has 1 saturated carbocycles. The Hall–Kier alpha value is -2.70. The van der Waals surface area contributed by atoms with Crippen molar-refractivity contribution in [1.29, 1.82) is 0 Å². The Kier molecular flexibility index (Phi) is 5.77. The van der Waals surface area contributed by atoms with Crippen molar-refractivity contribution < 1.29 is 9.59 Å². The van der Waals surface area contributed by atoms with Crippen molar-refractivity contribution in [2.24, 2.45) is 5.92 Å². The molecule has 1 aromatic heterocycles. The molecule has 2 aromatic rings. The van der Waals surface area contributed by atoms with Crippen LogP contribution in [0.4, 0.5) is 0 Å². The van der Waals surface area contributed by atoms with Gasteiger partial charge >= 0.3 is 0 Å². The summed E-state index contributed by atoms with van der Waals surface area (Å²) in [5, 5.41) is 16.2. The zero-order valence-electron chi connectivity index (χ0n) is 14.1. The molecule has 25 heavy (non-hydrogen) atoms. The largest absolute Gasteiger partial charge is 0.353 e. The maximum atomic E-state index is 12.3. The Morgan fingerprint density at radius 1 is 1.24 bits per heavy atom. The topological polar surface area (TPSA) is 99.8 Å². The zero-order valence-corrected chi connectivity index (χ0v) is 14.1. The van der Waals surface area contributed by atoms with Crippen LogP contribution in [0.2, 0.25) is 0 Å². The lowest BCUT2D eigenvalue weighted by atomic mass is 9.85. The Morgan fingerprint density at radius 2 is 2.04 bits per heavy atom. The monoisotopic (exact) mass is 341 g/mol. The minimum absolute atomic E-state index is 0.0743. The normalized spacial score (nSPS) is 15.2. The fraction of sp³-hybridized carbons (Fsp3) is 0.444. The van der Waals surface area contributed by atoms with Gasteiger partial charge in [0.05, 0.1) is 17.9 Å². The van der Waals surface area contributed by atoms with Gasteiger partial charge < -0.3 is 10.6 Å². The predicted molar refractivity (Wildman–Crippen MR) is 92.4 cm³/mol. The lowest BCUT2D eigenvalue weighted by Crippen LogP contribution is -2.41. The number of hydrogen-bond donors (Lipinski definition) is 3. The van der Waals surface area contributed by atoms with Gasteiger partial charge in [-0.25, -0.2) is 0 Å². The number of aromatic nitrogens is 3. The van der Waals surface area contributed by atoms with Crippen LogP contribution >= 0.6 is 0 Å². The number of carbonyl (C=O) groups is 2. The summed E-state index contributed by atoms with van der Waals surface area (Å²) < 4.78 is 0. The van der Waals surface area contributed by atoms with Crippen LogP contribution in [-0.4, -0.2) is 33.8 Å². The van der Waals surface area contributed by atoms with Gasteiger partial charge in [-0.2, -0.15) is 15.4 Å². The molecule has 1 atom stereocenters.